The first-order valence-electron chi connectivity index (χ1n) is 18.4. The Hall–Kier alpha value is -7.30. The molecule has 0 spiro atoms. The van der Waals surface area contributed by atoms with Crippen LogP contribution in [0.4, 0.5) is 0 Å². The van der Waals surface area contributed by atoms with Gasteiger partial charge in [0.25, 0.3) is 0 Å². The van der Waals surface area contributed by atoms with Gasteiger partial charge >= 0.3 is 0 Å². The first kappa shape index (κ1) is 29.3. The molecule has 4 heterocycles. The molecule has 252 valence electrons. The number of hydrogen-bond donors (Lipinski definition) is 0. The van der Waals surface area contributed by atoms with Crippen LogP contribution in [0.5, 0.6) is 0 Å². The van der Waals surface area contributed by atoms with Crippen molar-refractivity contribution in [3.63, 3.8) is 0 Å². The van der Waals surface area contributed by atoms with E-state index in [1.165, 1.54) is 65.8 Å². The van der Waals surface area contributed by atoms with E-state index in [4.69, 9.17) is 4.42 Å². The van der Waals surface area contributed by atoms with Crippen LogP contribution in [0.2, 0.25) is 0 Å². The highest BCUT2D eigenvalue weighted by atomic mass is 16.3. The van der Waals surface area contributed by atoms with Crippen molar-refractivity contribution >= 4 is 76.6 Å². The molecule has 4 heteroatoms. The summed E-state index contributed by atoms with van der Waals surface area (Å²) in [6.45, 7) is 0. The third-order valence-corrected chi connectivity index (χ3v) is 11.2. The Balaban J connectivity index is 1.04. The summed E-state index contributed by atoms with van der Waals surface area (Å²) in [5.74, 6) is 0. The molecule has 0 aliphatic rings. The van der Waals surface area contributed by atoms with Crippen LogP contribution in [-0.4, -0.2) is 13.7 Å². The SMILES string of the molecule is c1ccc(-n2c3ccccc3c3cc(-c4ccc5c(c4)c4ccccc4n5-c4cccc(-n5c6ccccc6c6c7ccccc7oc65)c4)ccc32)cc1. The number of benzene rings is 8. The lowest BCUT2D eigenvalue weighted by atomic mass is 10.0. The number of furan rings is 1. The zero-order chi connectivity index (χ0) is 35.3. The van der Waals surface area contributed by atoms with Crippen molar-refractivity contribution < 1.29 is 4.42 Å². The number of para-hydroxylation sites is 5. The lowest BCUT2D eigenvalue weighted by Crippen LogP contribution is -1.98. The highest BCUT2D eigenvalue weighted by Crippen LogP contribution is 2.41. The average Bonchev–Trinajstić information content (AvgIpc) is 3.96. The maximum Gasteiger partial charge on any atom is 0.213 e. The number of nitrogens with zero attached hydrogens (tertiary/aromatic N) is 3. The Morgan fingerprint density at radius 3 is 1.41 bits per heavy atom. The van der Waals surface area contributed by atoms with E-state index in [1.54, 1.807) is 0 Å². The number of fused-ring (bicyclic) bond motifs is 11. The van der Waals surface area contributed by atoms with E-state index in [2.05, 4.69) is 196 Å². The van der Waals surface area contributed by atoms with Gasteiger partial charge in [0.05, 0.1) is 38.7 Å². The molecule has 0 N–H and O–H groups in total. The predicted molar refractivity (Wildman–Crippen MR) is 225 cm³/mol. The van der Waals surface area contributed by atoms with Gasteiger partial charge in [0.15, 0.2) is 0 Å². The highest BCUT2D eigenvalue weighted by molar-refractivity contribution is 6.20. The topological polar surface area (TPSA) is 27.9 Å². The molecule has 0 saturated carbocycles. The van der Waals surface area contributed by atoms with Crippen LogP contribution in [0.3, 0.4) is 0 Å². The molecule has 4 aromatic heterocycles. The van der Waals surface area contributed by atoms with Gasteiger partial charge in [-0.1, -0.05) is 109 Å². The maximum atomic E-state index is 6.58. The van der Waals surface area contributed by atoms with Gasteiger partial charge in [0, 0.05) is 43.7 Å². The van der Waals surface area contributed by atoms with Crippen molar-refractivity contribution in [3.8, 4) is 28.2 Å². The zero-order valence-corrected chi connectivity index (χ0v) is 29.1. The van der Waals surface area contributed by atoms with Crippen LogP contribution in [0, 0.1) is 0 Å². The molecular formula is C50H31N3O. The summed E-state index contributed by atoms with van der Waals surface area (Å²) in [4.78, 5) is 0. The quantitative estimate of drug-likeness (QED) is 0.181. The summed E-state index contributed by atoms with van der Waals surface area (Å²) in [5.41, 5.74) is 13.4. The van der Waals surface area contributed by atoms with Crippen molar-refractivity contribution in [1.29, 1.82) is 0 Å². The van der Waals surface area contributed by atoms with Crippen molar-refractivity contribution in [2.45, 2.75) is 0 Å². The summed E-state index contributed by atoms with van der Waals surface area (Å²) in [5, 5.41) is 8.44. The third kappa shape index (κ3) is 4.08. The Kier molecular flexibility index (Phi) is 6.02. The zero-order valence-electron chi connectivity index (χ0n) is 29.1. The number of rotatable bonds is 4. The smallest absolute Gasteiger partial charge is 0.213 e. The molecule has 0 amide bonds. The normalized spacial score (nSPS) is 12.1. The summed E-state index contributed by atoms with van der Waals surface area (Å²) < 4.78 is 13.6. The van der Waals surface area contributed by atoms with Gasteiger partial charge in [-0.2, -0.15) is 0 Å². The molecule has 54 heavy (non-hydrogen) atoms. The molecule has 0 fully saturated rings. The van der Waals surface area contributed by atoms with Gasteiger partial charge in [0.2, 0.25) is 5.71 Å². The van der Waals surface area contributed by atoms with Gasteiger partial charge < -0.3 is 13.6 Å². The van der Waals surface area contributed by atoms with E-state index in [0.29, 0.717) is 0 Å². The molecule has 0 bridgehead atoms. The first-order chi connectivity index (χ1) is 26.8. The molecule has 12 aromatic rings. The Bertz CT molecular complexity index is 3450. The van der Waals surface area contributed by atoms with Crippen molar-refractivity contribution in [1.82, 2.24) is 13.7 Å². The van der Waals surface area contributed by atoms with Crippen molar-refractivity contribution in [2.75, 3.05) is 0 Å². The molecule has 0 saturated heterocycles. The average molecular weight is 690 g/mol. The third-order valence-electron chi connectivity index (χ3n) is 11.2. The summed E-state index contributed by atoms with van der Waals surface area (Å²) in [7, 11) is 0. The molecule has 0 aliphatic carbocycles. The fourth-order valence-electron chi connectivity index (χ4n) is 8.91. The van der Waals surface area contributed by atoms with Crippen LogP contribution < -0.4 is 0 Å². The minimum absolute atomic E-state index is 0.866. The van der Waals surface area contributed by atoms with E-state index in [9.17, 15) is 0 Å². The van der Waals surface area contributed by atoms with Crippen LogP contribution in [0.25, 0.3) is 105 Å². The summed E-state index contributed by atoms with van der Waals surface area (Å²) >= 11 is 0. The second-order valence-electron chi connectivity index (χ2n) is 14.2. The monoisotopic (exact) mass is 689 g/mol. The largest absolute Gasteiger partial charge is 0.439 e. The second-order valence-corrected chi connectivity index (χ2v) is 14.2. The minimum atomic E-state index is 0.866. The van der Waals surface area contributed by atoms with Gasteiger partial charge in [0.1, 0.15) is 5.58 Å². The van der Waals surface area contributed by atoms with Crippen LogP contribution in [-0.2, 0) is 0 Å². The van der Waals surface area contributed by atoms with Crippen molar-refractivity contribution in [3.05, 3.63) is 188 Å². The van der Waals surface area contributed by atoms with Gasteiger partial charge in [-0.3, -0.25) is 4.57 Å². The summed E-state index contributed by atoms with van der Waals surface area (Å²) in [6, 6.07) is 67.7. The first-order valence-corrected chi connectivity index (χ1v) is 18.4. The predicted octanol–water partition coefficient (Wildman–Crippen LogP) is 13.4. The standard InChI is InChI=1S/C50H31N3O/c1-2-13-34(14-3-1)51-43-21-8-4-17-37(43)41-29-32(25-27-46(41)51)33-26-28-47-42(30-33)38-18-5-9-22-44(38)52(47)35-15-12-16-36(31-35)53-45-23-10-6-19-39(45)49-40-20-7-11-24-48(40)54-50(49)53/h1-31H. The van der Waals surface area contributed by atoms with Gasteiger partial charge in [-0.05, 0) is 90.0 Å². The van der Waals surface area contributed by atoms with Crippen molar-refractivity contribution in [2.24, 2.45) is 0 Å². The molecular weight excluding hydrogens is 659 g/mol. The minimum Gasteiger partial charge on any atom is -0.439 e. The lowest BCUT2D eigenvalue weighted by molar-refractivity contribution is 0.645. The maximum absolute atomic E-state index is 6.58. The van der Waals surface area contributed by atoms with E-state index in [0.717, 1.165) is 39.0 Å². The molecule has 12 rings (SSSR count). The number of aromatic nitrogens is 3. The fraction of sp³-hybridized carbons (Fsp3) is 0. The van der Waals surface area contributed by atoms with Crippen LogP contribution in [0.15, 0.2) is 192 Å². The Morgan fingerprint density at radius 1 is 0.296 bits per heavy atom. The van der Waals surface area contributed by atoms with Gasteiger partial charge in [-0.25, -0.2) is 0 Å². The summed E-state index contributed by atoms with van der Waals surface area (Å²) in [6.07, 6.45) is 0. The van der Waals surface area contributed by atoms with E-state index in [1.807, 2.05) is 6.07 Å². The second kappa shape index (κ2) is 11.1. The van der Waals surface area contributed by atoms with Crippen LogP contribution >= 0.6 is 0 Å². The molecule has 0 atom stereocenters. The lowest BCUT2D eigenvalue weighted by Gasteiger charge is -2.12. The Morgan fingerprint density at radius 2 is 0.759 bits per heavy atom. The molecule has 8 aromatic carbocycles. The molecule has 4 nitrogen and oxygen atoms in total. The highest BCUT2D eigenvalue weighted by Gasteiger charge is 2.20. The molecule has 0 radical (unpaired) electrons. The van der Waals surface area contributed by atoms with E-state index < -0.39 is 0 Å². The van der Waals surface area contributed by atoms with Gasteiger partial charge in [-0.15, -0.1) is 0 Å². The fourth-order valence-corrected chi connectivity index (χ4v) is 8.91. The van der Waals surface area contributed by atoms with Crippen LogP contribution in [0.1, 0.15) is 0 Å². The molecule has 0 aliphatic heterocycles. The van der Waals surface area contributed by atoms with E-state index >= 15 is 0 Å². The van der Waals surface area contributed by atoms with E-state index in [-0.39, 0.29) is 0 Å². The molecule has 0 unspecified atom stereocenters. The Labute approximate surface area is 309 Å². The number of hydrogen-bond acceptors (Lipinski definition) is 1.